The summed E-state index contributed by atoms with van der Waals surface area (Å²) < 4.78 is 1.45. The third-order valence-corrected chi connectivity index (χ3v) is 3.72. The normalized spacial score (nSPS) is 14.0. The van der Waals surface area contributed by atoms with Gasteiger partial charge in [-0.1, -0.05) is 0 Å². The lowest BCUT2D eigenvalue weighted by molar-refractivity contribution is 0.760. The van der Waals surface area contributed by atoms with E-state index in [1.165, 1.54) is 4.68 Å². The van der Waals surface area contributed by atoms with E-state index in [1.54, 1.807) is 11.8 Å². The minimum atomic E-state index is -0.0185. The van der Waals surface area contributed by atoms with E-state index in [0.29, 0.717) is 5.95 Å². The molecule has 0 aromatic carbocycles. The average Bonchev–Trinajstić information content (AvgIpc) is 2.80. The number of aryl methyl sites for hydroxylation is 2. The van der Waals surface area contributed by atoms with Crippen molar-refractivity contribution in [1.82, 2.24) is 19.7 Å². The van der Waals surface area contributed by atoms with Crippen molar-refractivity contribution in [3.8, 4) is 5.95 Å². The smallest absolute Gasteiger partial charge is 0.278 e. The van der Waals surface area contributed by atoms with Crippen molar-refractivity contribution in [3.63, 3.8) is 0 Å². The van der Waals surface area contributed by atoms with Crippen molar-refractivity contribution in [2.75, 3.05) is 0 Å². The lowest BCUT2D eigenvalue weighted by atomic mass is 10.3. The quantitative estimate of drug-likeness (QED) is 0.826. The van der Waals surface area contributed by atoms with E-state index in [4.69, 9.17) is 0 Å². The van der Waals surface area contributed by atoms with Crippen LogP contribution in [0.25, 0.3) is 5.95 Å². The SMILES string of the molecule is Cc1cc(C)nc(-n2[nH]c3c(c2=O)CSC3)n1. The number of rotatable bonds is 1. The molecule has 1 aliphatic heterocycles. The summed E-state index contributed by atoms with van der Waals surface area (Å²) in [5.74, 6) is 2.08. The molecule has 2 aromatic rings. The first kappa shape index (κ1) is 10.6. The van der Waals surface area contributed by atoms with Crippen molar-refractivity contribution in [3.05, 3.63) is 39.1 Å². The molecule has 5 nitrogen and oxygen atoms in total. The Morgan fingerprint density at radius 1 is 1.29 bits per heavy atom. The predicted octanol–water partition coefficient (Wildman–Crippen LogP) is 1.32. The van der Waals surface area contributed by atoms with Crippen LogP contribution in [0.15, 0.2) is 10.9 Å². The molecule has 0 unspecified atom stereocenters. The summed E-state index contributed by atoms with van der Waals surface area (Å²) in [5.41, 5.74) is 3.57. The van der Waals surface area contributed by atoms with E-state index in [2.05, 4.69) is 15.1 Å². The maximum Gasteiger partial charge on any atom is 0.278 e. The molecule has 6 heteroatoms. The molecule has 17 heavy (non-hydrogen) atoms. The predicted molar refractivity (Wildman–Crippen MR) is 66.5 cm³/mol. The second kappa shape index (κ2) is 3.73. The first-order valence-corrected chi connectivity index (χ1v) is 6.54. The zero-order valence-corrected chi connectivity index (χ0v) is 10.5. The van der Waals surface area contributed by atoms with Gasteiger partial charge in [-0.05, 0) is 19.9 Å². The van der Waals surface area contributed by atoms with Crippen LogP contribution in [-0.4, -0.2) is 19.7 Å². The number of thioether (sulfide) groups is 1. The summed E-state index contributed by atoms with van der Waals surface area (Å²) >= 11 is 1.75. The van der Waals surface area contributed by atoms with Crippen LogP contribution < -0.4 is 5.56 Å². The third kappa shape index (κ3) is 1.68. The summed E-state index contributed by atoms with van der Waals surface area (Å²) in [6.07, 6.45) is 0. The summed E-state index contributed by atoms with van der Waals surface area (Å²) in [6, 6.07) is 1.89. The number of nitrogens with zero attached hydrogens (tertiary/aromatic N) is 3. The Morgan fingerprint density at radius 2 is 2.00 bits per heavy atom. The van der Waals surface area contributed by atoms with Crippen LogP contribution in [0.4, 0.5) is 0 Å². The maximum atomic E-state index is 12.1. The molecule has 3 heterocycles. The van der Waals surface area contributed by atoms with Crippen LogP contribution in [-0.2, 0) is 11.5 Å². The standard InChI is InChI=1S/C11H12N4OS/c1-6-3-7(2)13-11(12-6)15-10(16)8-4-17-5-9(8)14-15/h3,14H,4-5H2,1-2H3. The Bertz CT molecular complexity index is 623. The lowest BCUT2D eigenvalue weighted by Crippen LogP contribution is -2.20. The molecule has 88 valence electrons. The number of aromatic nitrogens is 4. The summed E-state index contributed by atoms with van der Waals surface area (Å²) in [6.45, 7) is 3.80. The third-order valence-electron chi connectivity index (χ3n) is 2.74. The molecule has 0 atom stereocenters. The van der Waals surface area contributed by atoms with Gasteiger partial charge in [-0.2, -0.15) is 16.4 Å². The molecule has 1 aliphatic rings. The van der Waals surface area contributed by atoms with Gasteiger partial charge >= 0.3 is 0 Å². The summed E-state index contributed by atoms with van der Waals surface area (Å²) in [4.78, 5) is 20.7. The molecule has 0 spiro atoms. The number of fused-ring (bicyclic) bond motifs is 1. The Kier molecular flexibility index (Phi) is 2.32. The highest BCUT2D eigenvalue weighted by Crippen LogP contribution is 2.25. The van der Waals surface area contributed by atoms with E-state index in [0.717, 1.165) is 34.2 Å². The Balaban J connectivity index is 2.19. The Labute approximate surface area is 102 Å². The lowest BCUT2D eigenvalue weighted by Gasteiger charge is -2.03. The van der Waals surface area contributed by atoms with E-state index in [-0.39, 0.29) is 5.56 Å². The van der Waals surface area contributed by atoms with E-state index in [1.807, 2.05) is 19.9 Å². The van der Waals surface area contributed by atoms with Crippen LogP contribution in [0.5, 0.6) is 0 Å². The summed E-state index contributed by atoms with van der Waals surface area (Å²) in [7, 11) is 0. The first-order valence-electron chi connectivity index (χ1n) is 5.38. The van der Waals surface area contributed by atoms with Gasteiger partial charge in [-0.3, -0.25) is 9.89 Å². The fraction of sp³-hybridized carbons (Fsp3) is 0.364. The minimum absolute atomic E-state index is 0.0185. The Hall–Kier alpha value is -1.56. The van der Waals surface area contributed by atoms with E-state index < -0.39 is 0 Å². The molecule has 3 rings (SSSR count). The maximum absolute atomic E-state index is 12.1. The van der Waals surface area contributed by atoms with Crippen LogP contribution in [0.2, 0.25) is 0 Å². The largest absolute Gasteiger partial charge is 0.291 e. The average molecular weight is 248 g/mol. The molecular formula is C11H12N4OS. The Morgan fingerprint density at radius 3 is 2.65 bits per heavy atom. The number of H-pyrrole nitrogens is 1. The van der Waals surface area contributed by atoms with Crippen molar-refractivity contribution in [2.24, 2.45) is 0 Å². The molecule has 0 bridgehead atoms. The van der Waals surface area contributed by atoms with Gasteiger partial charge in [0.15, 0.2) is 0 Å². The van der Waals surface area contributed by atoms with Crippen LogP contribution in [0.3, 0.4) is 0 Å². The summed E-state index contributed by atoms with van der Waals surface area (Å²) in [5, 5.41) is 3.09. The van der Waals surface area contributed by atoms with Crippen LogP contribution in [0, 0.1) is 13.8 Å². The monoisotopic (exact) mass is 248 g/mol. The highest BCUT2D eigenvalue weighted by atomic mass is 32.2. The highest BCUT2D eigenvalue weighted by molar-refractivity contribution is 7.98. The molecule has 0 fully saturated rings. The van der Waals surface area contributed by atoms with Crippen LogP contribution >= 0.6 is 11.8 Å². The minimum Gasteiger partial charge on any atom is -0.291 e. The fourth-order valence-electron chi connectivity index (χ4n) is 1.99. The van der Waals surface area contributed by atoms with E-state index in [9.17, 15) is 4.79 Å². The molecule has 0 aliphatic carbocycles. The van der Waals surface area contributed by atoms with Crippen molar-refractivity contribution >= 4 is 11.8 Å². The van der Waals surface area contributed by atoms with E-state index >= 15 is 0 Å². The van der Waals surface area contributed by atoms with Crippen molar-refractivity contribution in [2.45, 2.75) is 25.4 Å². The van der Waals surface area contributed by atoms with Gasteiger partial charge in [0.05, 0.1) is 11.3 Å². The van der Waals surface area contributed by atoms with Crippen LogP contribution in [0.1, 0.15) is 22.6 Å². The second-order valence-corrected chi connectivity index (χ2v) is 5.14. The van der Waals surface area contributed by atoms with Gasteiger partial charge in [-0.15, -0.1) is 0 Å². The van der Waals surface area contributed by atoms with Gasteiger partial charge in [0.2, 0.25) is 0 Å². The highest BCUT2D eigenvalue weighted by Gasteiger charge is 2.21. The van der Waals surface area contributed by atoms with Gasteiger partial charge < -0.3 is 0 Å². The second-order valence-electron chi connectivity index (χ2n) is 4.15. The zero-order valence-electron chi connectivity index (χ0n) is 9.65. The number of hydrogen-bond acceptors (Lipinski definition) is 4. The van der Waals surface area contributed by atoms with Crippen molar-refractivity contribution in [1.29, 1.82) is 0 Å². The number of aromatic amines is 1. The molecule has 0 radical (unpaired) electrons. The van der Waals surface area contributed by atoms with Gasteiger partial charge in [0, 0.05) is 22.9 Å². The molecule has 0 saturated heterocycles. The number of nitrogens with one attached hydrogen (secondary N) is 1. The topological polar surface area (TPSA) is 63.6 Å². The fourth-order valence-corrected chi connectivity index (χ4v) is 3.04. The molecule has 2 aromatic heterocycles. The van der Waals surface area contributed by atoms with Gasteiger partial charge in [-0.25, -0.2) is 9.97 Å². The molecule has 1 N–H and O–H groups in total. The zero-order chi connectivity index (χ0) is 12.0. The first-order chi connectivity index (χ1) is 8.15. The molecular weight excluding hydrogens is 236 g/mol. The number of hydrogen-bond donors (Lipinski definition) is 1. The van der Waals surface area contributed by atoms with Gasteiger partial charge in [0.25, 0.3) is 11.5 Å². The van der Waals surface area contributed by atoms with Gasteiger partial charge in [0.1, 0.15) is 0 Å². The molecule has 0 amide bonds. The van der Waals surface area contributed by atoms with Crippen molar-refractivity contribution < 1.29 is 0 Å². The molecule has 0 saturated carbocycles.